The summed E-state index contributed by atoms with van der Waals surface area (Å²) in [5, 5.41) is 3.13. The van der Waals surface area contributed by atoms with E-state index in [-0.39, 0.29) is 11.9 Å². The zero-order valence-corrected chi connectivity index (χ0v) is 19.1. The predicted molar refractivity (Wildman–Crippen MR) is 124 cm³/mol. The molecule has 2 aromatic carbocycles. The minimum Gasteiger partial charge on any atom is -0.480 e. The number of aryl methyl sites for hydroxylation is 1. The second-order valence-electron chi connectivity index (χ2n) is 8.73. The van der Waals surface area contributed by atoms with Gasteiger partial charge in [-0.2, -0.15) is 0 Å². The van der Waals surface area contributed by atoms with Gasteiger partial charge in [0.25, 0.3) is 5.91 Å². The van der Waals surface area contributed by atoms with Crippen LogP contribution in [-0.2, 0) is 4.79 Å². The molecular weight excluding hydrogens is 372 g/mol. The number of hydrogen-bond donors (Lipinski definition) is 1. The molecule has 0 spiro atoms. The van der Waals surface area contributed by atoms with Gasteiger partial charge in [0.05, 0.1) is 6.04 Å². The van der Waals surface area contributed by atoms with Crippen molar-refractivity contribution in [3.63, 3.8) is 0 Å². The van der Waals surface area contributed by atoms with Crippen molar-refractivity contribution in [2.75, 3.05) is 18.0 Å². The molecule has 0 unspecified atom stereocenters. The third-order valence-corrected chi connectivity index (χ3v) is 6.26. The Morgan fingerprint density at radius 1 is 1.20 bits per heavy atom. The summed E-state index contributed by atoms with van der Waals surface area (Å²) in [7, 11) is 0. The number of benzene rings is 2. The lowest BCUT2D eigenvalue weighted by molar-refractivity contribution is -0.128. The molecule has 0 radical (unpaired) electrons. The van der Waals surface area contributed by atoms with E-state index < -0.39 is 6.10 Å². The van der Waals surface area contributed by atoms with Gasteiger partial charge < -0.3 is 15.0 Å². The molecular formula is C26H36N2O2. The van der Waals surface area contributed by atoms with Crippen LogP contribution in [0.2, 0.25) is 0 Å². The Hall–Kier alpha value is -2.49. The van der Waals surface area contributed by atoms with Crippen LogP contribution in [0.5, 0.6) is 5.75 Å². The van der Waals surface area contributed by atoms with Crippen LogP contribution in [0.1, 0.15) is 62.8 Å². The van der Waals surface area contributed by atoms with E-state index in [4.69, 9.17) is 4.74 Å². The first-order valence-corrected chi connectivity index (χ1v) is 11.3. The first-order chi connectivity index (χ1) is 14.4. The summed E-state index contributed by atoms with van der Waals surface area (Å²) in [5.41, 5.74) is 4.63. The minimum atomic E-state index is -0.498. The average Bonchev–Trinajstić information content (AvgIpc) is 2.74. The smallest absolute Gasteiger partial charge is 0.261 e. The first kappa shape index (κ1) is 22.2. The van der Waals surface area contributed by atoms with Gasteiger partial charge in [-0.3, -0.25) is 4.79 Å². The third-order valence-electron chi connectivity index (χ3n) is 6.26. The van der Waals surface area contributed by atoms with Crippen molar-refractivity contribution in [2.45, 2.75) is 66.0 Å². The highest BCUT2D eigenvalue weighted by molar-refractivity contribution is 5.81. The number of anilines is 1. The van der Waals surface area contributed by atoms with E-state index in [1.165, 1.54) is 24.1 Å². The molecule has 1 N–H and O–H groups in total. The number of piperidine rings is 1. The van der Waals surface area contributed by atoms with Gasteiger partial charge in [-0.15, -0.1) is 0 Å². The number of amides is 1. The highest BCUT2D eigenvalue weighted by atomic mass is 16.5. The number of ether oxygens (including phenoxy) is 1. The molecule has 4 heteroatoms. The molecule has 162 valence electrons. The number of hydrogen-bond acceptors (Lipinski definition) is 3. The summed E-state index contributed by atoms with van der Waals surface area (Å²) < 4.78 is 6.06. The maximum atomic E-state index is 12.9. The van der Waals surface area contributed by atoms with E-state index in [0.717, 1.165) is 35.9 Å². The SMILES string of the molecule is CC[C@@H](Oc1cccc(C)c1C)C(=O)N[C@H](C)c1ccc(N2CCC[C@@H](C)C2)cc1. The van der Waals surface area contributed by atoms with Crippen molar-refractivity contribution in [3.8, 4) is 5.75 Å². The number of nitrogens with zero attached hydrogens (tertiary/aromatic N) is 1. The fourth-order valence-corrected chi connectivity index (χ4v) is 4.11. The molecule has 1 heterocycles. The lowest BCUT2D eigenvalue weighted by Crippen LogP contribution is -2.39. The summed E-state index contributed by atoms with van der Waals surface area (Å²) in [6.45, 7) is 12.7. The van der Waals surface area contributed by atoms with E-state index in [1.54, 1.807) is 0 Å². The maximum Gasteiger partial charge on any atom is 0.261 e. The molecule has 1 aliphatic rings. The van der Waals surface area contributed by atoms with Crippen molar-refractivity contribution in [3.05, 3.63) is 59.2 Å². The Morgan fingerprint density at radius 2 is 1.93 bits per heavy atom. The molecule has 2 aromatic rings. The molecule has 0 aliphatic carbocycles. The molecule has 1 saturated heterocycles. The zero-order valence-electron chi connectivity index (χ0n) is 19.1. The van der Waals surface area contributed by atoms with Gasteiger partial charge in [-0.1, -0.05) is 38.1 Å². The van der Waals surface area contributed by atoms with Gasteiger partial charge in [-0.05, 0) is 80.8 Å². The van der Waals surface area contributed by atoms with E-state index in [1.807, 2.05) is 32.9 Å². The van der Waals surface area contributed by atoms with Crippen molar-refractivity contribution in [1.29, 1.82) is 0 Å². The lowest BCUT2D eigenvalue weighted by Gasteiger charge is -2.33. The van der Waals surface area contributed by atoms with E-state index in [9.17, 15) is 4.79 Å². The van der Waals surface area contributed by atoms with Crippen LogP contribution < -0.4 is 15.0 Å². The Bertz CT molecular complexity index is 847. The Kier molecular flexibility index (Phi) is 7.41. The van der Waals surface area contributed by atoms with Gasteiger partial charge in [0.15, 0.2) is 6.10 Å². The molecule has 3 atom stereocenters. The molecule has 30 heavy (non-hydrogen) atoms. The van der Waals surface area contributed by atoms with Crippen molar-refractivity contribution in [1.82, 2.24) is 5.32 Å². The first-order valence-electron chi connectivity index (χ1n) is 11.3. The Balaban J connectivity index is 1.61. The summed E-state index contributed by atoms with van der Waals surface area (Å²) in [5.74, 6) is 1.46. The molecule has 4 nitrogen and oxygen atoms in total. The van der Waals surface area contributed by atoms with Gasteiger partial charge in [0.1, 0.15) is 5.75 Å². The summed E-state index contributed by atoms with van der Waals surface area (Å²) >= 11 is 0. The van der Waals surface area contributed by atoms with Crippen molar-refractivity contribution >= 4 is 11.6 Å². The van der Waals surface area contributed by atoms with Crippen molar-refractivity contribution in [2.24, 2.45) is 5.92 Å². The number of carbonyl (C=O) groups excluding carboxylic acids is 1. The quantitative estimate of drug-likeness (QED) is 0.651. The minimum absolute atomic E-state index is 0.0666. The van der Waals surface area contributed by atoms with Gasteiger partial charge in [-0.25, -0.2) is 0 Å². The summed E-state index contributed by atoms with van der Waals surface area (Å²) in [6, 6.07) is 14.5. The normalized spacial score (nSPS) is 18.6. The van der Waals surface area contributed by atoms with Crippen LogP contribution in [0.25, 0.3) is 0 Å². The molecule has 1 aliphatic heterocycles. The monoisotopic (exact) mass is 408 g/mol. The maximum absolute atomic E-state index is 12.9. The number of carbonyl (C=O) groups is 1. The van der Waals surface area contributed by atoms with Crippen LogP contribution in [0.3, 0.4) is 0 Å². The third kappa shape index (κ3) is 5.35. The highest BCUT2D eigenvalue weighted by Gasteiger charge is 2.22. The second-order valence-corrected chi connectivity index (χ2v) is 8.73. The van der Waals surface area contributed by atoms with Gasteiger partial charge in [0.2, 0.25) is 0 Å². The summed E-state index contributed by atoms with van der Waals surface area (Å²) in [4.78, 5) is 15.3. The fourth-order valence-electron chi connectivity index (χ4n) is 4.11. The Labute approximate surface area is 181 Å². The largest absolute Gasteiger partial charge is 0.480 e. The van der Waals surface area contributed by atoms with Crippen LogP contribution in [0, 0.1) is 19.8 Å². The second kappa shape index (κ2) is 10.0. The van der Waals surface area contributed by atoms with E-state index in [2.05, 4.69) is 54.4 Å². The van der Waals surface area contributed by atoms with Crippen LogP contribution in [0.15, 0.2) is 42.5 Å². The van der Waals surface area contributed by atoms with Gasteiger partial charge >= 0.3 is 0 Å². The number of rotatable bonds is 7. The molecule has 0 aromatic heterocycles. The molecule has 1 amide bonds. The topological polar surface area (TPSA) is 41.6 Å². The van der Waals surface area contributed by atoms with Crippen LogP contribution >= 0.6 is 0 Å². The molecule has 3 rings (SSSR count). The number of nitrogens with one attached hydrogen (secondary N) is 1. The molecule has 0 bridgehead atoms. The summed E-state index contributed by atoms with van der Waals surface area (Å²) in [6.07, 6.45) is 2.70. The molecule has 1 fully saturated rings. The van der Waals surface area contributed by atoms with Crippen LogP contribution in [0.4, 0.5) is 5.69 Å². The van der Waals surface area contributed by atoms with Crippen molar-refractivity contribution < 1.29 is 9.53 Å². The zero-order chi connectivity index (χ0) is 21.7. The lowest BCUT2D eigenvalue weighted by atomic mass is 9.99. The molecule has 0 saturated carbocycles. The van der Waals surface area contributed by atoms with E-state index in [0.29, 0.717) is 6.42 Å². The predicted octanol–water partition coefficient (Wildman–Crippen LogP) is 5.57. The highest BCUT2D eigenvalue weighted by Crippen LogP contribution is 2.25. The average molecular weight is 409 g/mol. The Morgan fingerprint density at radius 3 is 2.60 bits per heavy atom. The van der Waals surface area contributed by atoms with E-state index >= 15 is 0 Å². The standard InChI is InChI=1S/C26H36N2O2/c1-6-24(30-25-11-7-10-19(3)20(25)4)26(29)27-21(5)22-12-14-23(15-13-22)28-16-8-9-18(2)17-28/h7,10-15,18,21,24H,6,8-9,16-17H2,1-5H3,(H,27,29)/t18-,21-,24-/m1/s1. The van der Waals surface area contributed by atoms with Gasteiger partial charge in [0, 0.05) is 18.8 Å². The fraction of sp³-hybridized carbons (Fsp3) is 0.500. The van der Waals surface area contributed by atoms with Crippen LogP contribution in [-0.4, -0.2) is 25.1 Å².